The topological polar surface area (TPSA) is 80.3 Å². The molecule has 62 valence electrons. The maximum atomic E-state index is 10.7. The summed E-state index contributed by atoms with van der Waals surface area (Å²) in [6.45, 7) is 0. The molecule has 1 heterocycles. The highest BCUT2D eigenvalue weighted by atomic mass is 32.2. The van der Waals surface area contributed by atoms with E-state index in [9.17, 15) is 16.8 Å². The van der Waals surface area contributed by atoms with Crippen LogP contribution in [0, 0.1) is 0 Å². The number of nitrogens with one attached hydrogen (secondary N) is 1. The Morgan fingerprint density at radius 2 is 1.55 bits per heavy atom. The van der Waals surface area contributed by atoms with E-state index < -0.39 is 19.9 Å². The van der Waals surface area contributed by atoms with Crippen molar-refractivity contribution in [1.29, 1.82) is 0 Å². The van der Waals surface area contributed by atoms with Crippen molar-refractivity contribution in [3.63, 3.8) is 0 Å². The second-order valence-electron chi connectivity index (χ2n) is 1.83. The molecule has 0 radical (unpaired) electrons. The van der Waals surface area contributed by atoms with Crippen LogP contribution in [-0.2, 0) is 19.9 Å². The first-order chi connectivity index (χ1) is 4.91. The lowest BCUT2D eigenvalue weighted by Crippen LogP contribution is -2.12. The predicted octanol–water partition coefficient (Wildman–Crippen LogP) is -0.723. The summed E-state index contributed by atoms with van der Waals surface area (Å²) in [5.41, 5.74) is 0. The Kier molecular flexibility index (Phi) is 1.77. The highest BCUT2D eigenvalue weighted by molar-refractivity contribution is 7.99. The van der Waals surface area contributed by atoms with Gasteiger partial charge in [-0.1, -0.05) is 0 Å². The van der Waals surface area contributed by atoms with Gasteiger partial charge in [0.15, 0.2) is 9.84 Å². The third kappa shape index (κ3) is 2.35. The van der Waals surface area contributed by atoms with Gasteiger partial charge in [0.05, 0.1) is 10.8 Å². The Labute approximate surface area is 64.4 Å². The molecule has 1 N–H and O–H groups in total. The van der Waals surface area contributed by atoms with Gasteiger partial charge < -0.3 is 0 Å². The zero-order valence-electron chi connectivity index (χ0n) is 5.26. The zero-order chi connectivity index (χ0) is 8.54. The molecule has 0 saturated heterocycles. The Hall–Kier alpha value is -0.820. The monoisotopic (exact) mass is 195 g/mol. The first kappa shape index (κ1) is 8.28. The van der Waals surface area contributed by atoms with Gasteiger partial charge in [-0.3, -0.25) is 4.72 Å². The lowest BCUT2D eigenvalue weighted by Gasteiger charge is -1.90. The molecule has 0 aromatic carbocycles. The highest BCUT2D eigenvalue weighted by Gasteiger charge is 2.09. The fraction of sp³-hybridized carbons (Fsp3) is 0. The van der Waals surface area contributed by atoms with Crippen LogP contribution in [0.1, 0.15) is 0 Å². The molecule has 0 amide bonds. The number of hydrogen-bond acceptors (Lipinski definition) is 4. The summed E-state index contributed by atoms with van der Waals surface area (Å²) in [4.78, 5) is 0. The van der Waals surface area contributed by atoms with E-state index in [0.717, 1.165) is 11.6 Å². The quantitative estimate of drug-likeness (QED) is 0.553. The van der Waals surface area contributed by atoms with Crippen LogP contribution in [0.25, 0.3) is 0 Å². The van der Waals surface area contributed by atoms with E-state index in [-0.39, 0.29) is 0 Å². The Morgan fingerprint density at radius 3 is 2.18 bits per heavy atom. The molecular weight excluding hydrogens is 190 g/mol. The normalized spacial score (nSPS) is 25.5. The first-order valence-corrected chi connectivity index (χ1v) is 5.69. The van der Waals surface area contributed by atoms with E-state index in [1.807, 2.05) is 4.72 Å². The standard InChI is InChI=1S/C4H5NO4S2/c6-10(7)2-1-5-11(8,9)4-3-10/h1-5H. The minimum Gasteiger partial charge on any atom is -0.286 e. The fourth-order valence-electron chi connectivity index (χ4n) is 0.453. The molecule has 0 aliphatic carbocycles. The SMILES string of the molecule is O=S1(=O)C=CNS(=O)(=O)C=C1. The van der Waals surface area contributed by atoms with Crippen molar-refractivity contribution in [3.8, 4) is 0 Å². The van der Waals surface area contributed by atoms with Crippen LogP contribution in [0.4, 0.5) is 0 Å². The zero-order valence-corrected chi connectivity index (χ0v) is 6.89. The van der Waals surface area contributed by atoms with Gasteiger partial charge in [-0.15, -0.1) is 0 Å². The molecule has 0 unspecified atom stereocenters. The van der Waals surface area contributed by atoms with Crippen LogP contribution in [0.3, 0.4) is 0 Å². The van der Waals surface area contributed by atoms with Crippen molar-refractivity contribution in [3.05, 3.63) is 22.4 Å². The molecule has 5 nitrogen and oxygen atoms in total. The van der Waals surface area contributed by atoms with Gasteiger partial charge in [-0.2, -0.15) is 0 Å². The van der Waals surface area contributed by atoms with Crippen molar-refractivity contribution in [1.82, 2.24) is 4.72 Å². The molecule has 0 aromatic rings. The molecule has 0 fully saturated rings. The summed E-state index contributed by atoms with van der Waals surface area (Å²) in [6, 6.07) is 0. The van der Waals surface area contributed by atoms with Crippen molar-refractivity contribution >= 4 is 19.9 Å². The molecule has 1 rings (SSSR count). The Bertz CT molecular complexity index is 399. The second-order valence-corrected chi connectivity index (χ2v) is 5.15. The third-order valence-corrected chi connectivity index (χ3v) is 3.08. The predicted molar refractivity (Wildman–Crippen MR) is 39.3 cm³/mol. The first-order valence-electron chi connectivity index (χ1n) is 2.53. The average Bonchev–Trinajstić information content (AvgIpc) is 1.92. The van der Waals surface area contributed by atoms with Crippen LogP contribution in [-0.4, -0.2) is 16.8 Å². The Balaban J connectivity index is 3.26. The van der Waals surface area contributed by atoms with Crippen LogP contribution in [0.2, 0.25) is 0 Å². The van der Waals surface area contributed by atoms with Crippen LogP contribution in [0.15, 0.2) is 22.4 Å². The smallest absolute Gasteiger partial charge is 0.255 e. The highest BCUT2D eigenvalue weighted by Crippen LogP contribution is 2.01. The molecule has 0 spiro atoms. The molecule has 1 aliphatic heterocycles. The molecule has 0 atom stereocenters. The van der Waals surface area contributed by atoms with Crippen LogP contribution in [0.5, 0.6) is 0 Å². The maximum absolute atomic E-state index is 10.7. The minimum atomic E-state index is -3.59. The fourth-order valence-corrected chi connectivity index (χ4v) is 2.43. The van der Waals surface area contributed by atoms with E-state index >= 15 is 0 Å². The van der Waals surface area contributed by atoms with E-state index in [4.69, 9.17) is 0 Å². The minimum absolute atomic E-state index is 0.600. The average molecular weight is 195 g/mol. The second kappa shape index (κ2) is 2.35. The molecule has 11 heavy (non-hydrogen) atoms. The summed E-state index contributed by atoms with van der Waals surface area (Å²) in [5.74, 6) is 0. The van der Waals surface area contributed by atoms with E-state index in [1.165, 1.54) is 0 Å². The van der Waals surface area contributed by atoms with Crippen molar-refractivity contribution in [2.24, 2.45) is 0 Å². The molecule has 0 aromatic heterocycles. The molecule has 0 bridgehead atoms. The molecule has 1 aliphatic rings. The molecule has 0 saturated carbocycles. The van der Waals surface area contributed by atoms with Crippen molar-refractivity contribution in [2.45, 2.75) is 0 Å². The molecular formula is C4H5NO4S2. The number of sulfonamides is 1. The lowest BCUT2D eigenvalue weighted by atomic mass is 11.1. The Morgan fingerprint density at radius 1 is 0.909 bits per heavy atom. The van der Waals surface area contributed by atoms with E-state index in [0.29, 0.717) is 10.8 Å². The van der Waals surface area contributed by atoms with Gasteiger partial charge in [0.25, 0.3) is 10.0 Å². The van der Waals surface area contributed by atoms with Crippen LogP contribution < -0.4 is 4.72 Å². The number of hydrogen-bond donors (Lipinski definition) is 1. The lowest BCUT2D eigenvalue weighted by molar-refractivity contribution is 0.599. The van der Waals surface area contributed by atoms with Gasteiger partial charge in [-0.25, -0.2) is 16.8 Å². The summed E-state index contributed by atoms with van der Waals surface area (Å²) < 4.78 is 44.6. The number of rotatable bonds is 0. The van der Waals surface area contributed by atoms with E-state index in [1.54, 1.807) is 0 Å². The largest absolute Gasteiger partial charge is 0.286 e. The summed E-state index contributed by atoms with van der Waals surface area (Å²) in [7, 11) is -7.08. The molecule has 7 heteroatoms. The number of sulfone groups is 1. The van der Waals surface area contributed by atoms with Crippen LogP contribution >= 0.6 is 0 Å². The van der Waals surface area contributed by atoms with Gasteiger partial charge in [0.1, 0.15) is 0 Å². The summed E-state index contributed by atoms with van der Waals surface area (Å²) >= 11 is 0. The van der Waals surface area contributed by atoms with Gasteiger partial charge in [-0.05, 0) is 0 Å². The van der Waals surface area contributed by atoms with Crippen molar-refractivity contribution in [2.75, 3.05) is 0 Å². The third-order valence-electron chi connectivity index (χ3n) is 0.914. The van der Waals surface area contributed by atoms with Gasteiger partial charge >= 0.3 is 0 Å². The van der Waals surface area contributed by atoms with Gasteiger partial charge in [0.2, 0.25) is 0 Å². The van der Waals surface area contributed by atoms with E-state index in [2.05, 4.69) is 0 Å². The maximum Gasteiger partial charge on any atom is 0.255 e. The summed E-state index contributed by atoms with van der Waals surface area (Å²) in [5, 5.41) is 2.00. The van der Waals surface area contributed by atoms with Gasteiger partial charge in [0, 0.05) is 11.6 Å². The summed E-state index contributed by atoms with van der Waals surface area (Å²) in [6.07, 6.45) is 0.866. The van der Waals surface area contributed by atoms with Crippen molar-refractivity contribution < 1.29 is 16.8 Å².